The molecule has 0 amide bonds. The summed E-state index contributed by atoms with van der Waals surface area (Å²) < 4.78 is 0. The van der Waals surface area contributed by atoms with Crippen LogP contribution in [0.3, 0.4) is 0 Å². The van der Waals surface area contributed by atoms with Crippen LogP contribution in [0.2, 0.25) is 5.02 Å². The van der Waals surface area contributed by atoms with E-state index in [9.17, 15) is 0 Å². The third-order valence-electron chi connectivity index (χ3n) is 6.58. The molecule has 0 N–H and O–H groups in total. The molecule has 0 bridgehead atoms. The van der Waals surface area contributed by atoms with Crippen LogP contribution in [0.1, 0.15) is 70.3 Å². The van der Waals surface area contributed by atoms with E-state index in [1.807, 2.05) is 36.0 Å². The largest absolute Gasteiger partial charge is 0.339 e. The monoisotopic (exact) mass is 466 g/mol. The van der Waals surface area contributed by atoms with E-state index in [1.54, 1.807) is 0 Å². The highest BCUT2D eigenvalue weighted by molar-refractivity contribution is 8.17. The number of benzene rings is 2. The molecule has 170 valence electrons. The van der Waals surface area contributed by atoms with Crippen molar-refractivity contribution in [1.29, 1.82) is 0 Å². The molecular formula is C28H35ClN2S. The van der Waals surface area contributed by atoms with Crippen molar-refractivity contribution in [2.45, 2.75) is 77.3 Å². The number of unbranched alkanes of at least 4 members (excludes halogenated alkanes) is 3. The molecule has 0 aromatic heterocycles. The fourth-order valence-electron chi connectivity index (χ4n) is 4.89. The SMILES string of the molecule is CCCCC/C=C1\SC(=Nc2ccc(Cl)cc2)N(Cc2ccccc2)C1C1CCCCC1. The number of thioether (sulfide) groups is 1. The minimum Gasteiger partial charge on any atom is -0.339 e. The van der Waals surface area contributed by atoms with E-state index in [-0.39, 0.29) is 0 Å². The Kier molecular flexibility index (Phi) is 8.76. The average Bonchev–Trinajstić information content (AvgIpc) is 3.16. The molecule has 1 unspecified atom stereocenters. The van der Waals surface area contributed by atoms with Crippen LogP contribution in [0, 0.1) is 5.92 Å². The molecule has 1 heterocycles. The second-order valence-corrected chi connectivity index (χ2v) is 10.5. The van der Waals surface area contributed by atoms with Crippen molar-refractivity contribution in [1.82, 2.24) is 4.90 Å². The normalized spacial score (nSPS) is 22.2. The van der Waals surface area contributed by atoms with Gasteiger partial charge in [-0.2, -0.15) is 0 Å². The van der Waals surface area contributed by atoms with Crippen LogP contribution in [0.25, 0.3) is 0 Å². The van der Waals surface area contributed by atoms with Gasteiger partial charge >= 0.3 is 0 Å². The summed E-state index contributed by atoms with van der Waals surface area (Å²) in [6.45, 7) is 3.19. The van der Waals surface area contributed by atoms with Gasteiger partial charge in [-0.15, -0.1) is 0 Å². The van der Waals surface area contributed by atoms with Gasteiger partial charge in [0.05, 0.1) is 11.7 Å². The molecule has 4 rings (SSSR count). The molecule has 2 aromatic carbocycles. The van der Waals surface area contributed by atoms with E-state index in [0.29, 0.717) is 6.04 Å². The van der Waals surface area contributed by atoms with Crippen molar-refractivity contribution in [2.75, 3.05) is 0 Å². The average molecular weight is 467 g/mol. The number of hydrogen-bond donors (Lipinski definition) is 0. The molecule has 2 fully saturated rings. The Morgan fingerprint density at radius 3 is 2.47 bits per heavy atom. The number of halogens is 1. The van der Waals surface area contributed by atoms with Crippen LogP contribution < -0.4 is 0 Å². The number of nitrogens with zero attached hydrogens (tertiary/aromatic N) is 2. The minimum absolute atomic E-state index is 0.452. The first kappa shape index (κ1) is 23.4. The molecule has 4 heteroatoms. The maximum Gasteiger partial charge on any atom is 0.169 e. The lowest BCUT2D eigenvalue weighted by Gasteiger charge is -2.35. The van der Waals surface area contributed by atoms with Gasteiger partial charge in [-0.25, -0.2) is 4.99 Å². The first-order chi connectivity index (χ1) is 15.7. The van der Waals surface area contributed by atoms with Gasteiger partial charge in [-0.3, -0.25) is 0 Å². The highest BCUT2D eigenvalue weighted by atomic mass is 35.5. The van der Waals surface area contributed by atoms with E-state index < -0.39 is 0 Å². The summed E-state index contributed by atoms with van der Waals surface area (Å²) in [7, 11) is 0. The Bertz CT molecular complexity index is 901. The number of hydrogen-bond acceptors (Lipinski definition) is 2. The van der Waals surface area contributed by atoms with Crippen molar-refractivity contribution in [3.8, 4) is 0 Å². The molecule has 1 saturated heterocycles. The van der Waals surface area contributed by atoms with E-state index in [2.05, 4.69) is 48.2 Å². The Hall–Kier alpha value is -1.71. The van der Waals surface area contributed by atoms with Crippen molar-refractivity contribution in [3.05, 3.63) is 76.2 Å². The summed E-state index contributed by atoms with van der Waals surface area (Å²) in [4.78, 5) is 9.24. The molecule has 0 radical (unpaired) electrons. The molecule has 2 nitrogen and oxygen atoms in total. The summed E-state index contributed by atoms with van der Waals surface area (Å²) in [5, 5.41) is 1.89. The lowest BCUT2D eigenvalue weighted by molar-refractivity contribution is 0.218. The van der Waals surface area contributed by atoms with Crippen molar-refractivity contribution < 1.29 is 0 Å². The lowest BCUT2D eigenvalue weighted by Crippen LogP contribution is -2.39. The van der Waals surface area contributed by atoms with Crippen LogP contribution in [0.5, 0.6) is 0 Å². The topological polar surface area (TPSA) is 15.6 Å². The number of aliphatic imine (C=N–C) groups is 1. The van der Waals surface area contributed by atoms with Crippen molar-refractivity contribution in [3.63, 3.8) is 0 Å². The molecule has 1 aliphatic heterocycles. The second kappa shape index (κ2) is 12.0. The van der Waals surface area contributed by atoms with E-state index in [1.165, 1.54) is 68.3 Å². The first-order valence-corrected chi connectivity index (χ1v) is 13.5. The summed E-state index contributed by atoms with van der Waals surface area (Å²) in [6, 6.07) is 19.2. The van der Waals surface area contributed by atoms with Gasteiger partial charge in [0, 0.05) is 16.5 Å². The van der Waals surface area contributed by atoms with Crippen molar-refractivity contribution in [2.24, 2.45) is 10.9 Å². The molecule has 32 heavy (non-hydrogen) atoms. The highest BCUT2D eigenvalue weighted by Gasteiger charge is 2.40. The molecule has 1 atom stereocenters. The standard InChI is InChI=1S/C28H35ClN2S/c1-2-3-4-11-16-26-27(23-14-9-6-10-15-23)31(21-22-12-7-5-8-13-22)28(32-26)30-25-19-17-24(29)18-20-25/h5,7-8,12-13,16-20,23,27H,2-4,6,9-11,14-15,21H2,1H3/b26-16-,30-28?. The van der Waals surface area contributed by atoms with Crippen LogP contribution in [-0.2, 0) is 6.54 Å². The summed E-state index contributed by atoms with van der Waals surface area (Å²) in [5.74, 6) is 0.718. The lowest BCUT2D eigenvalue weighted by atomic mass is 9.82. The zero-order valence-electron chi connectivity index (χ0n) is 19.2. The third kappa shape index (κ3) is 6.20. The van der Waals surface area contributed by atoms with Crippen LogP contribution in [0.4, 0.5) is 5.69 Å². The van der Waals surface area contributed by atoms with Gasteiger partial charge in [-0.05, 0) is 61.4 Å². The maximum atomic E-state index is 6.12. The number of allylic oxidation sites excluding steroid dienone is 1. The summed E-state index contributed by atoms with van der Waals surface area (Å²) >= 11 is 8.02. The van der Waals surface area contributed by atoms with E-state index >= 15 is 0 Å². The first-order valence-electron chi connectivity index (χ1n) is 12.3. The Labute approximate surface area is 203 Å². The molecule has 0 spiro atoms. The second-order valence-electron chi connectivity index (χ2n) is 9.03. The molecule has 1 aliphatic carbocycles. The Morgan fingerprint density at radius 2 is 1.75 bits per heavy atom. The Balaban J connectivity index is 1.68. The van der Waals surface area contributed by atoms with Crippen molar-refractivity contribution >= 4 is 34.2 Å². The van der Waals surface area contributed by atoms with Gasteiger partial charge in [-0.1, -0.05) is 98.8 Å². The molecule has 2 aromatic rings. The predicted octanol–water partition coefficient (Wildman–Crippen LogP) is 8.99. The number of rotatable bonds is 8. The predicted molar refractivity (Wildman–Crippen MR) is 141 cm³/mol. The van der Waals surface area contributed by atoms with Crippen LogP contribution in [0.15, 0.2) is 70.6 Å². The fraction of sp³-hybridized carbons (Fsp3) is 0.464. The summed E-state index contributed by atoms with van der Waals surface area (Å²) in [5.41, 5.74) is 2.33. The van der Waals surface area contributed by atoms with Crippen LogP contribution >= 0.6 is 23.4 Å². The molecule has 1 saturated carbocycles. The third-order valence-corrected chi connectivity index (χ3v) is 7.98. The zero-order chi connectivity index (χ0) is 22.2. The Morgan fingerprint density at radius 1 is 1.00 bits per heavy atom. The summed E-state index contributed by atoms with van der Waals surface area (Å²) in [6.07, 6.45) is 14.3. The quantitative estimate of drug-likeness (QED) is 0.360. The maximum absolute atomic E-state index is 6.12. The smallest absolute Gasteiger partial charge is 0.169 e. The van der Waals surface area contributed by atoms with Gasteiger partial charge in [0.15, 0.2) is 5.17 Å². The van der Waals surface area contributed by atoms with Gasteiger partial charge < -0.3 is 4.90 Å². The van der Waals surface area contributed by atoms with Crippen LogP contribution in [-0.4, -0.2) is 16.1 Å². The zero-order valence-corrected chi connectivity index (χ0v) is 20.8. The van der Waals surface area contributed by atoms with E-state index in [0.717, 1.165) is 28.3 Å². The molecule has 2 aliphatic rings. The van der Waals surface area contributed by atoms with E-state index in [4.69, 9.17) is 16.6 Å². The van der Waals surface area contributed by atoms with Gasteiger partial charge in [0.25, 0.3) is 0 Å². The fourth-order valence-corrected chi connectivity index (χ4v) is 6.32. The minimum atomic E-state index is 0.452. The number of amidine groups is 1. The molecular weight excluding hydrogens is 432 g/mol. The highest BCUT2D eigenvalue weighted by Crippen LogP contribution is 2.45. The van der Waals surface area contributed by atoms with Gasteiger partial charge in [0.1, 0.15) is 0 Å². The van der Waals surface area contributed by atoms with Gasteiger partial charge in [0.2, 0.25) is 0 Å².